The molecule has 2 rings (SSSR count). The number of nitrogens with zero attached hydrogens (tertiary/aromatic N) is 3. The third-order valence-corrected chi connectivity index (χ3v) is 4.23. The summed E-state index contributed by atoms with van der Waals surface area (Å²) in [6.45, 7) is 8.19. The highest BCUT2D eigenvalue weighted by atomic mass is 16.3. The molecule has 116 valence electrons. The molecule has 0 unspecified atom stereocenters. The second-order valence-electron chi connectivity index (χ2n) is 5.97. The Kier molecular flexibility index (Phi) is 4.78. The quantitative estimate of drug-likeness (QED) is 0.357. The maximum absolute atomic E-state index is 10.4. The minimum atomic E-state index is -0.0835. The predicted molar refractivity (Wildman–Crippen MR) is 86.7 cm³/mol. The maximum Gasteiger partial charge on any atom is 0.123 e. The van der Waals surface area contributed by atoms with Gasteiger partial charge in [0, 0.05) is 16.4 Å². The summed E-state index contributed by atoms with van der Waals surface area (Å²) in [5.41, 5.74) is 11.8. The van der Waals surface area contributed by atoms with Crippen molar-refractivity contribution in [2.45, 2.75) is 39.2 Å². The Balaban J connectivity index is 2.47. The molecule has 1 aliphatic carbocycles. The summed E-state index contributed by atoms with van der Waals surface area (Å²) >= 11 is 0. The van der Waals surface area contributed by atoms with E-state index in [4.69, 9.17) is 5.53 Å². The predicted octanol–water partition coefficient (Wildman–Crippen LogP) is 4.92. The molecular weight excluding hydrogens is 278 g/mol. The van der Waals surface area contributed by atoms with Crippen molar-refractivity contribution in [1.29, 1.82) is 0 Å². The van der Waals surface area contributed by atoms with Crippen LogP contribution in [0.3, 0.4) is 0 Å². The molecule has 0 radical (unpaired) electrons. The second-order valence-corrected chi connectivity index (χ2v) is 5.97. The molecule has 22 heavy (non-hydrogen) atoms. The third kappa shape index (κ3) is 3.26. The van der Waals surface area contributed by atoms with Crippen LogP contribution in [-0.4, -0.2) is 10.2 Å². The molecule has 5 nitrogen and oxygen atoms in total. The fraction of sp³-hybridized carbons (Fsp3) is 0.412. The lowest BCUT2D eigenvalue weighted by Gasteiger charge is -2.31. The summed E-state index contributed by atoms with van der Waals surface area (Å²) < 4.78 is 0. The molecule has 5 heteroatoms. The summed E-state index contributed by atoms with van der Waals surface area (Å²) in [5.74, 6) is 0.180. The minimum absolute atomic E-state index is 0.0327. The van der Waals surface area contributed by atoms with E-state index in [1.54, 1.807) is 12.1 Å². The molecule has 1 aromatic carbocycles. The van der Waals surface area contributed by atoms with Crippen molar-refractivity contribution in [1.82, 2.24) is 0 Å². The van der Waals surface area contributed by atoms with Crippen LogP contribution in [0.5, 0.6) is 11.5 Å². The number of aromatic hydroxyl groups is 2. The first-order valence-corrected chi connectivity index (χ1v) is 7.32. The third-order valence-electron chi connectivity index (χ3n) is 4.23. The Morgan fingerprint density at radius 1 is 1.41 bits per heavy atom. The van der Waals surface area contributed by atoms with Gasteiger partial charge in [-0.05, 0) is 55.8 Å². The Hall–Kier alpha value is -2.39. The molecule has 0 saturated heterocycles. The normalized spacial score (nSPS) is 20.9. The van der Waals surface area contributed by atoms with Crippen LogP contribution in [0.15, 0.2) is 41.0 Å². The van der Waals surface area contributed by atoms with Gasteiger partial charge in [-0.2, -0.15) is 0 Å². The highest BCUT2D eigenvalue weighted by molar-refractivity contribution is 5.51. The average molecular weight is 299 g/mol. The monoisotopic (exact) mass is 299 g/mol. The van der Waals surface area contributed by atoms with Crippen LogP contribution in [0.25, 0.3) is 10.4 Å². The van der Waals surface area contributed by atoms with E-state index in [9.17, 15) is 10.2 Å². The highest BCUT2D eigenvalue weighted by Crippen LogP contribution is 2.46. The second kappa shape index (κ2) is 6.58. The Labute approximate surface area is 130 Å². The van der Waals surface area contributed by atoms with Gasteiger partial charge in [-0.15, -0.1) is 0 Å². The number of allylic oxidation sites excluding steroid dienone is 3. The summed E-state index contributed by atoms with van der Waals surface area (Å²) in [5, 5.41) is 24.2. The van der Waals surface area contributed by atoms with Gasteiger partial charge >= 0.3 is 0 Å². The van der Waals surface area contributed by atoms with E-state index in [1.807, 2.05) is 6.92 Å². The van der Waals surface area contributed by atoms with Gasteiger partial charge in [-0.1, -0.05) is 28.9 Å². The molecule has 1 aromatic rings. The van der Waals surface area contributed by atoms with Crippen molar-refractivity contribution >= 4 is 0 Å². The van der Waals surface area contributed by atoms with Crippen LogP contribution in [0.2, 0.25) is 0 Å². The number of hydrogen-bond donors (Lipinski definition) is 2. The molecule has 2 atom stereocenters. The van der Waals surface area contributed by atoms with E-state index < -0.39 is 0 Å². The van der Waals surface area contributed by atoms with Crippen LogP contribution >= 0.6 is 0 Å². The molecule has 1 aliphatic rings. The minimum Gasteiger partial charge on any atom is -0.507 e. The Morgan fingerprint density at radius 2 is 2.05 bits per heavy atom. The van der Waals surface area contributed by atoms with Gasteiger partial charge in [0.25, 0.3) is 0 Å². The molecule has 0 saturated carbocycles. The van der Waals surface area contributed by atoms with Crippen LogP contribution in [-0.2, 0) is 6.54 Å². The van der Waals surface area contributed by atoms with E-state index in [1.165, 1.54) is 5.57 Å². The van der Waals surface area contributed by atoms with Crippen LogP contribution in [0, 0.1) is 5.92 Å². The van der Waals surface area contributed by atoms with Gasteiger partial charge in [0.15, 0.2) is 0 Å². The van der Waals surface area contributed by atoms with Gasteiger partial charge < -0.3 is 10.2 Å². The number of benzene rings is 1. The van der Waals surface area contributed by atoms with E-state index in [-0.39, 0.29) is 29.9 Å². The highest BCUT2D eigenvalue weighted by Gasteiger charge is 2.29. The molecule has 0 bridgehead atoms. The summed E-state index contributed by atoms with van der Waals surface area (Å²) in [7, 11) is 0. The first kappa shape index (κ1) is 16.0. The van der Waals surface area contributed by atoms with E-state index >= 15 is 0 Å². The lowest BCUT2D eigenvalue weighted by Crippen LogP contribution is -2.17. The smallest absolute Gasteiger partial charge is 0.123 e. The zero-order chi connectivity index (χ0) is 16.3. The Morgan fingerprint density at radius 3 is 2.59 bits per heavy atom. The number of phenols is 2. The molecule has 0 amide bonds. The van der Waals surface area contributed by atoms with E-state index in [2.05, 4.69) is 29.6 Å². The van der Waals surface area contributed by atoms with Crippen LogP contribution < -0.4 is 0 Å². The van der Waals surface area contributed by atoms with Crippen molar-refractivity contribution in [2.24, 2.45) is 11.0 Å². The standard InChI is InChI=1S/C17H21N3O2/c1-10(2)13-5-4-11(3)6-14(13)17-15(21)7-12(8-16(17)22)9-19-20-18/h6-8,13-14,21-22H,1,4-5,9H2,2-3H3/t13-,14+/m0/s1. The SMILES string of the molecule is C=C(C)[C@@H]1CCC(C)=C[C@H]1c1c(O)cc(CN=[N+]=[N-])cc1O. The topological polar surface area (TPSA) is 89.2 Å². The molecule has 0 aromatic heterocycles. The number of hydrogen-bond acceptors (Lipinski definition) is 3. The van der Waals surface area contributed by atoms with Gasteiger partial charge in [0.2, 0.25) is 0 Å². The molecule has 0 spiro atoms. The molecule has 0 fully saturated rings. The van der Waals surface area contributed by atoms with Crippen molar-refractivity contribution in [3.63, 3.8) is 0 Å². The van der Waals surface area contributed by atoms with Gasteiger partial charge in [0.1, 0.15) is 11.5 Å². The maximum atomic E-state index is 10.4. The van der Waals surface area contributed by atoms with Gasteiger partial charge in [-0.3, -0.25) is 0 Å². The molecule has 2 N–H and O–H groups in total. The van der Waals surface area contributed by atoms with E-state index in [0.29, 0.717) is 11.1 Å². The number of rotatable bonds is 4. The van der Waals surface area contributed by atoms with Gasteiger partial charge in [0.05, 0.1) is 6.54 Å². The summed E-state index contributed by atoms with van der Waals surface area (Å²) in [6.07, 6.45) is 4.07. The fourth-order valence-electron chi connectivity index (χ4n) is 3.13. The van der Waals surface area contributed by atoms with Crippen LogP contribution in [0.4, 0.5) is 0 Å². The van der Waals surface area contributed by atoms with Crippen molar-refractivity contribution < 1.29 is 10.2 Å². The average Bonchev–Trinajstić information content (AvgIpc) is 2.44. The number of azide groups is 1. The molecule has 0 aliphatic heterocycles. The van der Waals surface area contributed by atoms with E-state index in [0.717, 1.165) is 18.4 Å². The fourth-order valence-corrected chi connectivity index (χ4v) is 3.13. The van der Waals surface area contributed by atoms with Crippen molar-refractivity contribution in [3.05, 3.63) is 57.5 Å². The summed E-state index contributed by atoms with van der Waals surface area (Å²) in [4.78, 5) is 2.69. The molecular formula is C17H21N3O2. The van der Waals surface area contributed by atoms with Gasteiger partial charge in [-0.25, -0.2) is 0 Å². The first-order valence-electron chi connectivity index (χ1n) is 7.32. The number of phenolic OH excluding ortho intramolecular Hbond substituents is 2. The lowest BCUT2D eigenvalue weighted by atomic mass is 9.73. The zero-order valence-electron chi connectivity index (χ0n) is 13.0. The lowest BCUT2D eigenvalue weighted by molar-refractivity contribution is 0.406. The largest absolute Gasteiger partial charge is 0.507 e. The zero-order valence-corrected chi connectivity index (χ0v) is 13.0. The van der Waals surface area contributed by atoms with Crippen LogP contribution in [0.1, 0.15) is 43.7 Å². The summed E-state index contributed by atoms with van der Waals surface area (Å²) in [6, 6.07) is 3.11. The van der Waals surface area contributed by atoms with Crippen molar-refractivity contribution in [2.75, 3.05) is 0 Å². The molecule has 0 heterocycles. The first-order chi connectivity index (χ1) is 10.4. The Bertz CT molecular complexity index is 649. The van der Waals surface area contributed by atoms with Crippen molar-refractivity contribution in [3.8, 4) is 11.5 Å².